The highest BCUT2D eigenvalue weighted by Gasteiger charge is 2.07. The summed E-state index contributed by atoms with van der Waals surface area (Å²) in [5.74, 6) is 0.180. The molecule has 80 valence electrons. The maximum Gasteiger partial charge on any atom is 0.134 e. The predicted octanol–water partition coefficient (Wildman–Crippen LogP) is 2.12. The highest BCUT2D eigenvalue weighted by Crippen LogP contribution is 2.00. The first-order valence-electron chi connectivity index (χ1n) is 5.58. The van der Waals surface area contributed by atoms with Gasteiger partial charge in [0.1, 0.15) is 5.91 Å². The van der Waals surface area contributed by atoms with Crippen LogP contribution >= 0.6 is 0 Å². The van der Waals surface area contributed by atoms with E-state index >= 15 is 0 Å². The quantitative estimate of drug-likeness (QED) is 0.423. The van der Waals surface area contributed by atoms with E-state index in [1.807, 2.05) is 0 Å². The SMILES string of the molecule is CCCOC(OCCC)[SiH2]CCC. The van der Waals surface area contributed by atoms with E-state index in [2.05, 4.69) is 20.8 Å². The van der Waals surface area contributed by atoms with Gasteiger partial charge in [-0.3, -0.25) is 0 Å². The maximum atomic E-state index is 5.63. The largest absolute Gasteiger partial charge is 0.357 e. The van der Waals surface area contributed by atoms with Crippen molar-refractivity contribution in [3.8, 4) is 0 Å². The van der Waals surface area contributed by atoms with E-state index in [-0.39, 0.29) is 15.4 Å². The smallest absolute Gasteiger partial charge is 0.134 e. The van der Waals surface area contributed by atoms with Crippen LogP contribution in [0.1, 0.15) is 40.0 Å². The van der Waals surface area contributed by atoms with Crippen LogP contribution in [-0.4, -0.2) is 28.6 Å². The molecule has 0 aliphatic rings. The molecule has 0 heterocycles. The molecule has 0 saturated carbocycles. The summed E-state index contributed by atoms with van der Waals surface area (Å²) in [6.07, 6.45) is 3.45. The third-order valence-corrected chi connectivity index (χ3v) is 3.87. The Labute approximate surface area is 84.8 Å². The van der Waals surface area contributed by atoms with Crippen molar-refractivity contribution in [1.82, 2.24) is 0 Å². The molecular formula is C10H24O2Si. The standard InChI is InChI=1S/C10H24O2Si/c1-4-7-11-10(12-8-5-2)13-9-6-3/h10H,4-9,13H2,1-3H3. The fourth-order valence-electron chi connectivity index (χ4n) is 1.08. The third-order valence-electron chi connectivity index (χ3n) is 1.81. The minimum Gasteiger partial charge on any atom is -0.357 e. The van der Waals surface area contributed by atoms with E-state index in [9.17, 15) is 0 Å². The molecule has 0 fully saturated rings. The van der Waals surface area contributed by atoms with Gasteiger partial charge < -0.3 is 9.47 Å². The van der Waals surface area contributed by atoms with Crippen LogP contribution in [0.4, 0.5) is 0 Å². The zero-order valence-electron chi connectivity index (χ0n) is 9.34. The van der Waals surface area contributed by atoms with Crippen molar-refractivity contribution < 1.29 is 9.47 Å². The van der Waals surface area contributed by atoms with Gasteiger partial charge in [-0.2, -0.15) is 0 Å². The zero-order chi connectivity index (χ0) is 9.94. The predicted molar refractivity (Wildman–Crippen MR) is 59.9 cm³/mol. The number of hydrogen-bond acceptors (Lipinski definition) is 2. The van der Waals surface area contributed by atoms with Crippen LogP contribution in [-0.2, 0) is 9.47 Å². The molecule has 0 aliphatic carbocycles. The Balaban J connectivity index is 3.47. The summed E-state index contributed by atoms with van der Waals surface area (Å²) in [6.45, 7) is 8.20. The lowest BCUT2D eigenvalue weighted by atomic mass is 10.5. The second kappa shape index (κ2) is 10.2. The Morgan fingerprint density at radius 1 is 0.923 bits per heavy atom. The van der Waals surface area contributed by atoms with Crippen LogP contribution in [0.3, 0.4) is 0 Å². The third kappa shape index (κ3) is 8.47. The molecule has 0 aromatic carbocycles. The molecule has 0 bridgehead atoms. The molecule has 0 aromatic heterocycles. The lowest BCUT2D eigenvalue weighted by Gasteiger charge is -2.17. The number of ether oxygens (including phenoxy) is 2. The van der Waals surface area contributed by atoms with Crippen LogP contribution in [0.25, 0.3) is 0 Å². The molecule has 0 aliphatic heterocycles. The van der Waals surface area contributed by atoms with Gasteiger partial charge in [0.15, 0.2) is 0 Å². The van der Waals surface area contributed by atoms with Crippen LogP contribution in [0.5, 0.6) is 0 Å². The van der Waals surface area contributed by atoms with Gasteiger partial charge in [0.2, 0.25) is 0 Å². The number of rotatable bonds is 9. The Morgan fingerprint density at radius 2 is 1.46 bits per heavy atom. The van der Waals surface area contributed by atoms with Crippen molar-refractivity contribution in [1.29, 1.82) is 0 Å². The Morgan fingerprint density at radius 3 is 1.85 bits per heavy atom. The zero-order valence-corrected chi connectivity index (χ0v) is 10.8. The van der Waals surface area contributed by atoms with Gasteiger partial charge in [-0.25, -0.2) is 0 Å². The molecule has 0 aromatic rings. The topological polar surface area (TPSA) is 18.5 Å². The molecule has 0 radical (unpaired) electrons. The normalized spacial score (nSPS) is 12.0. The van der Waals surface area contributed by atoms with Crippen molar-refractivity contribution in [3.63, 3.8) is 0 Å². The van der Waals surface area contributed by atoms with Gasteiger partial charge in [0.25, 0.3) is 0 Å². The fraction of sp³-hybridized carbons (Fsp3) is 1.00. The molecule has 0 rings (SSSR count). The van der Waals surface area contributed by atoms with E-state index in [4.69, 9.17) is 9.47 Å². The Hall–Kier alpha value is 0.137. The van der Waals surface area contributed by atoms with Crippen molar-refractivity contribution in [2.24, 2.45) is 0 Å². The second-order valence-corrected chi connectivity index (χ2v) is 5.26. The molecule has 0 atom stereocenters. The average molecular weight is 204 g/mol. The lowest BCUT2D eigenvalue weighted by Crippen LogP contribution is -2.25. The fourth-order valence-corrected chi connectivity index (χ4v) is 2.49. The Bertz CT molecular complexity index is 79.9. The molecule has 0 N–H and O–H groups in total. The molecule has 2 nitrogen and oxygen atoms in total. The van der Waals surface area contributed by atoms with E-state index in [1.165, 1.54) is 12.5 Å². The second-order valence-electron chi connectivity index (χ2n) is 3.31. The first-order valence-corrected chi connectivity index (χ1v) is 7.39. The van der Waals surface area contributed by atoms with E-state index < -0.39 is 0 Å². The summed E-state index contributed by atoms with van der Waals surface area (Å²) in [7, 11) is -0.160. The van der Waals surface area contributed by atoms with Gasteiger partial charge in [-0.1, -0.05) is 33.2 Å². The molecule has 3 heteroatoms. The first kappa shape index (κ1) is 13.1. The lowest BCUT2D eigenvalue weighted by molar-refractivity contribution is -0.0904. The molecule has 13 heavy (non-hydrogen) atoms. The first-order chi connectivity index (χ1) is 6.35. The van der Waals surface area contributed by atoms with Crippen molar-refractivity contribution in [2.75, 3.05) is 13.2 Å². The maximum absolute atomic E-state index is 5.63. The molecule has 0 amide bonds. The summed E-state index contributed by atoms with van der Waals surface area (Å²) < 4.78 is 11.3. The van der Waals surface area contributed by atoms with Crippen LogP contribution in [0.15, 0.2) is 0 Å². The summed E-state index contributed by atoms with van der Waals surface area (Å²) in [5.41, 5.74) is 0. The monoisotopic (exact) mass is 204 g/mol. The minimum absolute atomic E-state index is 0.160. The van der Waals surface area contributed by atoms with E-state index in [0.717, 1.165) is 26.1 Å². The van der Waals surface area contributed by atoms with Crippen LogP contribution in [0.2, 0.25) is 6.04 Å². The molecular weight excluding hydrogens is 180 g/mol. The summed E-state index contributed by atoms with van der Waals surface area (Å²) >= 11 is 0. The van der Waals surface area contributed by atoms with Crippen molar-refractivity contribution >= 4 is 9.52 Å². The van der Waals surface area contributed by atoms with Crippen molar-refractivity contribution in [3.05, 3.63) is 0 Å². The minimum atomic E-state index is -0.160. The number of hydrogen-bond donors (Lipinski definition) is 0. The molecule has 0 spiro atoms. The van der Waals surface area contributed by atoms with Gasteiger partial charge in [-0.15, -0.1) is 0 Å². The average Bonchev–Trinajstić information content (AvgIpc) is 2.17. The van der Waals surface area contributed by atoms with Gasteiger partial charge in [-0.05, 0) is 12.8 Å². The molecule has 0 unspecified atom stereocenters. The van der Waals surface area contributed by atoms with Gasteiger partial charge in [0.05, 0.1) is 9.52 Å². The highest BCUT2D eigenvalue weighted by atomic mass is 28.2. The molecule has 0 saturated heterocycles. The van der Waals surface area contributed by atoms with E-state index in [1.54, 1.807) is 0 Å². The van der Waals surface area contributed by atoms with Crippen molar-refractivity contribution in [2.45, 2.75) is 52.0 Å². The Kier molecular flexibility index (Phi) is 10.3. The van der Waals surface area contributed by atoms with Gasteiger partial charge >= 0.3 is 0 Å². The van der Waals surface area contributed by atoms with Crippen LogP contribution < -0.4 is 0 Å². The summed E-state index contributed by atoms with van der Waals surface area (Å²) in [6, 6.07) is 1.33. The van der Waals surface area contributed by atoms with Gasteiger partial charge in [0, 0.05) is 13.2 Å². The van der Waals surface area contributed by atoms with Crippen LogP contribution in [0, 0.1) is 0 Å². The highest BCUT2D eigenvalue weighted by molar-refractivity contribution is 6.36. The summed E-state index contributed by atoms with van der Waals surface area (Å²) in [5, 5.41) is 0. The summed E-state index contributed by atoms with van der Waals surface area (Å²) in [4.78, 5) is 0. The van der Waals surface area contributed by atoms with E-state index in [0.29, 0.717) is 0 Å².